The van der Waals surface area contributed by atoms with E-state index >= 15 is 0 Å². The van der Waals surface area contributed by atoms with Crippen molar-refractivity contribution in [2.75, 3.05) is 38.5 Å². The minimum atomic E-state index is 0. The molecule has 0 saturated carbocycles. The summed E-state index contributed by atoms with van der Waals surface area (Å²) in [5.74, 6) is 0.176. The largest absolute Gasteiger partial charge is 0.388 e. The number of hydrogen-bond donors (Lipinski definition) is 2. The number of nitrogens with one attached hydrogen (secondary N) is 2. The van der Waals surface area contributed by atoms with E-state index in [2.05, 4.69) is 10.6 Å². The van der Waals surface area contributed by atoms with Crippen LogP contribution in [0, 0.1) is 5.41 Å². The van der Waals surface area contributed by atoms with Gasteiger partial charge in [-0.25, -0.2) is 0 Å². The third kappa shape index (κ3) is 3.33. The number of nitrogens with zero attached hydrogens (tertiary/aromatic N) is 1. The summed E-state index contributed by atoms with van der Waals surface area (Å²) in [5, 5.41) is 6.56. The Morgan fingerprint density at radius 3 is 2.67 bits per heavy atom. The monoisotopic (exact) mass is 309 g/mol. The summed E-state index contributed by atoms with van der Waals surface area (Å²) in [6.07, 6.45) is 3.63. The molecule has 0 aliphatic carbocycles. The van der Waals surface area contributed by atoms with Gasteiger partial charge in [0, 0.05) is 43.3 Å². The van der Waals surface area contributed by atoms with E-state index in [1.54, 1.807) is 0 Å². The van der Waals surface area contributed by atoms with Crippen molar-refractivity contribution in [3.05, 3.63) is 29.8 Å². The molecule has 21 heavy (non-hydrogen) atoms. The normalized spacial score (nSPS) is 24.7. The van der Waals surface area contributed by atoms with Crippen molar-refractivity contribution in [2.45, 2.75) is 19.3 Å². The number of hydrogen-bond acceptors (Lipinski definition) is 3. The SMILES string of the molecule is CNc1ccc(C(=O)N2CCC3(CCCNC3)C2)cc1.Cl. The molecule has 2 aliphatic heterocycles. The lowest BCUT2D eigenvalue weighted by atomic mass is 9.80. The molecule has 2 N–H and O–H groups in total. The third-order valence-corrected chi connectivity index (χ3v) is 4.71. The molecule has 1 aromatic carbocycles. The van der Waals surface area contributed by atoms with Crippen LogP contribution in [0.2, 0.25) is 0 Å². The standard InChI is InChI=1S/C16H23N3O.ClH/c1-17-14-5-3-13(4-6-14)15(20)19-10-8-16(12-19)7-2-9-18-11-16;/h3-6,17-18H,2,7-12H2,1H3;1H. The number of likely N-dealkylation sites (tertiary alicyclic amines) is 1. The fourth-order valence-electron chi connectivity index (χ4n) is 3.45. The van der Waals surface area contributed by atoms with Crippen LogP contribution in [0.3, 0.4) is 0 Å². The molecule has 4 nitrogen and oxygen atoms in total. The first-order chi connectivity index (χ1) is 9.72. The number of carbonyl (C=O) groups excluding carboxylic acids is 1. The summed E-state index contributed by atoms with van der Waals surface area (Å²) in [6, 6.07) is 7.75. The summed E-state index contributed by atoms with van der Waals surface area (Å²) in [6.45, 7) is 4.00. The van der Waals surface area contributed by atoms with Crippen molar-refractivity contribution < 1.29 is 4.79 Å². The molecule has 5 heteroatoms. The van der Waals surface area contributed by atoms with E-state index in [0.29, 0.717) is 5.41 Å². The van der Waals surface area contributed by atoms with Crippen LogP contribution in [0.15, 0.2) is 24.3 Å². The lowest BCUT2D eigenvalue weighted by Gasteiger charge is -2.33. The molecule has 2 fully saturated rings. The van der Waals surface area contributed by atoms with Gasteiger partial charge in [0.05, 0.1) is 0 Å². The lowest BCUT2D eigenvalue weighted by molar-refractivity contribution is 0.0764. The van der Waals surface area contributed by atoms with Crippen molar-refractivity contribution in [1.82, 2.24) is 10.2 Å². The van der Waals surface area contributed by atoms with Gasteiger partial charge in [-0.1, -0.05) is 0 Å². The molecule has 2 saturated heterocycles. The fraction of sp³-hybridized carbons (Fsp3) is 0.562. The Balaban J connectivity index is 0.00000161. The maximum atomic E-state index is 12.6. The molecular weight excluding hydrogens is 286 g/mol. The summed E-state index contributed by atoms with van der Waals surface area (Å²) < 4.78 is 0. The highest BCUT2D eigenvalue weighted by molar-refractivity contribution is 5.94. The van der Waals surface area contributed by atoms with Crippen LogP contribution >= 0.6 is 12.4 Å². The van der Waals surface area contributed by atoms with Crippen molar-refractivity contribution in [3.63, 3.8) is 0 Å². The van der Waals surface area contributed by atoms with Gasteiger partial charge in [-0.15, -0.1) is 12.4 Å². The van der Waals surface area contributed by atoms with E-state index in [1.165, 1.54) is 12.8 Å². The van der Waals surface area contributed by atoms with Gasteiger partial charge in [0.2, 0.25) is 0 Å². The van der Waals surface area contributed by atoms with Gasteiger partial charge in [-0.3, -0.25) is 4.79 Å². The Kier molecular flexibility index (Phi) is 5.12. The molecule has 1 spiro atoms. The second kappa shape index (κ2) is 6.67. The average Bonchev–Trinajstić information content (AvgIpc) is 2.91. The molecule has 3 rings (SSSR count). The highest BCUT2D eigenvalue weighted by Crippen LogP contribution is 2.36. The van der Waals surface area contributed by atoms with Crippen LogP contribution in [-0.4, -0.2) is 44.0 Å². The number of anilines is 1. The van der Waals surface area contributed by atoms with Gasteiger partial charge in [0.15, 0.2) is 0 Å². The molecular formula is C16H24ClN3O. The minimum absolute atomic E-state index is 0. The van der Waals surface area contributed by atoms with Crippen LogP contribution in [0.1, 0.15) is 29.6 Å². The Morgan fingerprint density at radius 2 is 2.05 bits per heavy atom. The zero-order chi connectivity index (χ0) is 14.0. The Bertz CT molecular complexity index is 483. The molecule has 116 valence electrons. The second-order valence-electron chi connectivity index (χ2n) is 6.08. The smallest absolute Gasteiger partial charge is 0.253 e. The van der Waals surface area contributed by atoms with Gasteiger partial charge >= 0.3 is 0 Å². The highest BCUT2D eigenvalue weighted by Gasteiger charge is 2.40. The molecule has 0 aromatic heterocycles. The van der Waals surface area contributed by atoms with Crippen LogP contribution in [0.25, 0.3) is 0 Å². The van der Waals surface area contributed by atoms with Gasteiger partial charge in [-0.05, 0) is 50.1 Å². The Morgan fingerprint density at radius 1 is 1.29 bits per heavy atom. The molecule has 0 bridgehead atoms. The number of benzene rings is 1. The maximum absolute atomic E-state index is 12.6. The second-order valence-corrected chi connectivity index (χ2v) is 6.08. The Labute approximate surface area is 132 Å². The zero-order valence-electron chi connectivity index (χ0n) is 12.5. The predicted molar refractivity (Wildman–Crippen MR) is 88.3 cm³/mol. The summed E-state index contributed by atoms with van der Waals surface area (Å²) in [4.78, 5) is 14.6. The van der Waals surface area contributed by atoms with E-state index in [0.717, 1.165) is 43.9 Å². The maximum Gasteiger partial charge on any atom is 0.253 e. The molecule has 2 heterocycles. The number of amides is 1. The van der Waals surface area contributed by atoms with Crippen LogP contribution in [-0.2, 0) is 0 Å². The van der Waals surface area contributed by atoms with Crippen molar-refractivity contribution in [2.24, 2.45) is 5.41 Å². The van der Waals surface area contributed by atoms with Gasteiger partial charge in [0.1, 0.15) is 0 Å². The summed E-state index contributed by atoms with van der Waals surface area (Å²) >= 11 is 0. The summed E-state index contributed by atoms with van der Waals surface area (Å²) in [5.41, 5.74) is 2.17. The Hall–Kier alpha value is -1.26. The number of rotatable bonds is 2. The number of halogens is 1. The van der Waals surface area contributed by atoms with Crippen molar-refractivity contribution in [1.29, 1.82) is 0 Å². The van der Waals surface area contributed by atoms with Gasteiger partial charge < -0.3 is 15.5 Å². The molecule has 1 amide bonds. The van der Waals surface area contributed by atoms with Gasteiger partial charge in [0.25, 0.3) is 5.91 Å². The van der Waals surface area contributed by atoms with E-state index in [9.17, 15) is 4.79 Å². The first-order valence-electron chi connectivity index (χ1n) is 7.50. The molecule has 1 aromatic rings. The molecule has 1 unspecified atom stereocenters. The zero-order valence-corrected chi connectivity index (χ0v) is 13.3. The molecule has 0 radical (unpaired) electrons. The van der Waals surface area contributed by atoms with Crippen LogP contribution in [0.5, 0.6) is 0 Å². The highest BCUT2D eigenvalue weighted by atomic mass is 35.5. The minimum Gasteiger partial charge on any atom is -0.388 e. The lowest BCUT2D eigenvalue weighted by Crippen LogP contribution is -2.42. The predicted octanol–water partition coefficient (Wildman–Crippen LogP) is 2.37. The fourth-order valence-corrected chi connectivity index (χ4v) is 3.45. The third-order valence-electron chi connectivity index (χ3n) is 4.71. The van der Waals surface area contributed by atoms with Crippen LogP contribution in [0.4, 0.5) is 5.69 Å². The van der Waals surface area contributed by atoms with E-state index in [1.807, 2.05) is 36.2 Å². The topological polar surface area (TPSA) is 44.4 Å². The van der Waals surface area contributed by atoms with Crippen LogP contribution < -0.4 is 10.6 Å². The molecule has 1 atom stereocenters. The van der Waals surface area contributed by atoms with Gasteiger partial charge in [-0.2, -0.15) is 0 Å². The summed E-state index contributed by atoms with van der Waals surface area (Å²) in [7, 11) is 1.89. The first-order valence-corrected chi connectivity index (χ1v) is 7.50. The quantitative estimate of drug-likeness (QED) is 0.881. The first kappa shape index (κ1) is 16.1. The van der Waals surface area contributed by atoms with E-state index in [-0.39, 0.29) is 18.3 Å². The van der Waals surface area contributed by atoms with Crippen molar-refractivity contribution in [3.8, 4) is 0 Å². The molecule has 2 aliphatic rings. The van der Waals surface area contributed by atoms with E-state index in [4.69, 9.17) is 0 Å². The number of piperidine rings is 1. The average molecular weight is 310 g/mol. The van der Waals surface area contributed by atoms with Crippen molar-refractivity contribution >= 4 is 24.0 Å². The number of carbonyl (C=O) groups is 1. The van der Waals surface area contributed by atoms with E-state index < -0.39 is 0 Å².